The summed E-state index contributed by atoms with van der Waals surface area (Å²) in [5.41, 5.74) is 0.678. The number of fused-ring (bicyclic) bond motifs is 1. The molecule has 0 aliphatic heterocycles. The second kappa shape index (κ2) is 8.28. The third-order valence-corrected chi connectivity index (χ3v) is 5.68. The molecule has 33 heavy (non-hydrogen) atoms. The fraction of sp³-hybridized carbons (Fsp3) is 0.304. The van der Waals surface area contributed by atoms with Gasteiger partial charge in [0.15, 0.2) is 5.82 Å². The van der Waals surface area contributed by atoms with Crippen LogP contribution in [-0.4, -0.2) is 34.1 Å². The number of aryl methyl sites for hydroxylation is 1. The van der Waals surface area contributed by atoms with E-state index >= 15 is 4.39 Å². The summed E-state index contributed by atoms with van der Waals surface area (Å²) in [6, 6.07) is 3.92. The SMILES string of the molecule is CCn1c(CO)nn(-c2cc3c(C(C)C)cn(-c4cc(O)ncc4C)c(=O)c3cc2F)c1=O. The van der Waals surface area contributed by atoms with Gasteiger partial charge in [-0.1, -0.05) is 13.8 Å². The van der Waals surface area contributed by atoms with Crippen molar-refractivity contribution in [3.63, 3.8) is 0 Å². The van der Waals surface area contributed by atoms with Crippen molar-refractivity contribution in [3.8, 4) is 17.3 Å². The maximum absolute atomic E-state index is 15.3. The summed E-state index contributed by atoms with van der Waals surface area (Å²) in [5, 5.41) is 24.0. The van der Waals surface area contributed by atoms with Crippen molar-refractivity contribution in [1.82, 2.24) is 23.9 Å². The molecule has 0 atom stereocenters. The standard InChI is InChI=1S/C23H24FN5O4/c1-5-27-20(11-30)26-29(23(27)33)19-7-14-15(6-17(19)24)22(32)28(10-16(14)12(2)3)18-8-21(31)25-9-13(18)4/h6-10,12,30H,5,11H2,1-4H3,(H,25,31). The van der Waals surface area contributed by atoms with Crippen molar-refractivity contribution >= 4 is 10.8 Å². The van der Waals surface area contributed by atoms with Crippen molar-refractivity contribution < 1.29 is 14.6 Å². The number of aromatic hydroxyl groups is 1. The number of benzene rings is 1. The molecule has 0 spiro atoms. The van der Waals surface area contributed by atoms with Gasteiger partial charge >= 0.3 is 5.69 Å². The summed E-state index contributed by atoms with van der Waals surface area (Å²) in [6.07, 6.45) is 3.11. The van der Waals surface area contributed by atoms with Crippen molar-refractivity contribution in [2.45, 2.75) is 46.8 Å². The molecule has 3 aromatic heterocycles. The first-order chi connectivity index (χ1) is 15.7. The first kappa shape index (κ1) is 22.4. The molecule has 4 aromatic rings. The number of hydrogen-bond acceptors (Lipinski definition) is 6. The Hall–Kier alpha value is -3.79. The molecule has 0 bridgehead atoms. The van der Waals surface area contributed by atoms with E-state index < -0.39 is 23.7 Å². The Kier molecular flexibility index (Phi) is 5.62. The fourth-order valence-electron chi connectivity index (χ4n) is 3.97. The Morgan fingerprint density at radius 3 is 2.45 bits per heavy atom. The summed E-state index contributed by atoms with van der Waals surface area (Å²) in [5.74, 6) is -0.963. The average Bonchev–Trinajstić information content (AvgIpc) is 3.10. The maximum Gasteiger partial charge on any atom is 0.350 e. The molecule has 1 aromatic carbocycles. The van der Waals surface area contributed by atoms with E-state index in [0.29, 0.717) is 16.6 Å². The molecule has 0 fully saturated rings. The van der Waals surface area contributed by atoms with Gasteiger partial charge in [-0.25, -0.2) is 14.2 Å². The van der Waals surface area contributed by atoms with Gasteiger partial charge in [0.1, 0.15) is 18.1 Å². The molecular weight excluding hydrogens is 429 g/mol. The topological polar surface area (TPSA) is 115 Å². The van der Waals surface area contributed by atoms with Crippen molar-refractivity contribution in [2.75, 3.05) is 0 Å². The van der Waals surface area contributed by atoms with Crippen LogP contribution in [0.15, 0.2) is 40.2 Å². The quantitative estimate of drug-likeness (QED) is 0.480. The number of rotatable bonds is 5. The molecule has 2 N–H and O–H groups in total. The number of aliphatic hydroxyl groups is 1. The van der Waals surface area contributed by atoms with Crippen molar-refractivity contribution in [1.29, 1.82) is 0 Å². The highest BCUT2D eigenvalue weighted by molar-refractivity contribution is 5.87. The zero-order valence-corrected chi connectivity index (χ0v) is 18.7. The lowest BCUT2D eigenvalue weighted by Crippen LogP contribution is -2.25. The molecule has 0 aliphatic rings. The largest absolute Gasteiger partial charge is 0.493 e. The van der Waals surface area contributed by atoms with Gasteiger partial charge in [0, 0.05) is 25.0 Å². The number of halogens is 1. The van der Waals surface area contributed by atoms with E-state index in [0.717, 1.165) is 16.3 Å². The highest BCUT2D eigenvalue weighted by atomic mass is 19.1. The van der Waals surface area contributed by atoms with Gasteiger partial charge in [0.2, 0.25) is 5.88 Å². The number of aromatic nitrogens is 5. The van der Waals surface area contributed by atoms with Gasteiger partial charge in [-0.2, -0.15) is 4.68 Å². The predicted octanol–water partition coefficient (Wildman–Crippen LogP) is 2.52. The van der Waals surface area contributed by atoms with E-state index in [1.165, 1.54) is 27.5 Å². The Morgan fingerprint density at radius 1 is 1.12 bits per heavy atom. The minimum absolute atomic E-state index is 0.0497. The lowest BCUT2D eigenvalue weighted by Gasteiger charge is -2.17. The molecule has 4 rings (SSSR count). The van der Waals surface area contributed by atoms with Crippen LogP contribution in [0.2, 0.25) is 0 Å². The lowest BCUT2D eigenvalue weighted by molar-refractivity contribution is 0.264. The normalized spacial score (nSPS) is 11.6. The van der Waals surface area contributed by atoms with E-state index in [-0.39, 0.29) is 35.2 Å². The first-order valence-electron chi connectivity index (χ1n) is 10.5. The molecule has 0 amide bonds. The molecule has 0 aliphatic carbocycles. The van der Waals surface area contributed by atoms with Crippen LogP contribution in [0.25, 0.3) is 22.1 Å². The Labute approximate surface area is 188 Å². The zero-order chi connectivity index (χ0) is 24.0. The Bertz CT molecular complexity index is 1500. The minimum atomic E-state index is -0.798. The van der Waals surface area contributed by atoms with Gasteiger partial charge in [0.25, 0.3) is 5.56 Å². The van der Waals surface area contributed by atoms with Gasteiger partial charge in [-0.3, -0.25) is 13.9 Å². The second-order valence-corrected chi connectivity index (χ2v) is 8.11. The predicted molar refractivity (Wildman–Crippen MR) is 121 cm³/mol. The van der Waals surface area contributed by atoms with Gasteiger partial charge in [-0.05, 0) is 48.4 Å². The summed E-state index contributed by atoms with van der Waals surface area (Å²) >= 11 is 0. The van der Waals surface area contributed by atoms with E-state index in [9.17, 15) is 19.8 Å². The summed E-state index contributed by atoms with van der Waals surface area (Å²) in [4.78, 5) is 29.9. The molecular formula is C23H24FN5O4. The van der Waals surface area contributed by atoms with Crippen LogP contribution in [0.5, 0.6) is 5.88 Å². The van der Waals surface area contributed by atoms with E-state index in [1.54, 1.807) is 20.0 Å². The minimum Gasteiger partial charge on any atom is -0.493 e. The molecule has 9 nitrogen and oxygen atoms in total. The highest BCUT2D eigenvalue weighted by Crippen LogP contribution is 2.28. The molecule has 10 heteroatoms. The molecule has 0 radical (unpaired) electrons. The molecule has 0 unspecified atom stereocenters. The van der Waals surface area contributed by atoms with Crippen LogP contribution in [0, 0.1) is 12.7 Å². The monoisotopic (exact) mass is 453 g/mol. The van der Waals surface area contributed by atoms with Crippen LogP contribution < -0.4 is 11.2 Å². The number of hydrogen-bond donors (Lipinski definition) is 2. The fourth-order valence-corrected chi connectivity index (χ4v) is 3.97. The Morgan fingerprint density at radius 2 is 1.85 bits per heavy atom. The smallest absolute Gasteiger partial charge is 0.350 e. The van der Waals surface area contributed by atoms with Crippen molar-refractivity contribution in [3.05, 3.63) is 74.2 Å². The zero-order valence-electron chi connectivity index (χ0n) is 18.7. The van der Waals surface area contributed by atoms with Crippen LogP contribution in [0.3, 0.4) is 0 Å². The first-order valence-corrected chi connectivity index (χ1v) is 10.5. The van der Waals surface area contributed by atoms with Crippen LogP contribution >= 0.6 is 0 Å². The van der Waals surface area contributed by atoms with Gasteiger partial charge in [0.05, 0.1) is 11.1 Å². The number of nitrogens with zero attached hydrogens (tertiary/aromatic N) is 5. The van der Waals surface area contributed by atoms with Crippen LogP contribution in [0.4, 0.5) is 4.39 Å². The number of pyridine rings is 2. The van der Waals surface area contributed by atoms with Gasteiger partial charge < -0.3 is 10.2 Å². The van der Waals surface area contributed by atoms with E-state index in [4.69, 9.17) is 0 Å². The maximum atomic E-state index is 15.3. The summed E-state index contributed by atoms with van der Waals surface area (Å²) in [7, 11) is 0. The molecule has 172 valence electrons. The lowest BCUT2D eigenvalue weighted by atomic mass is 9.97. The summed E-state index contributed by atoms with van der Waals surface area (Å²) < 4.78 is 18.8. The van der Waals surface area contributed by atoms with E-state index in [1.807, 2.05) is 13.8 Å². The third-order valence-electron chi connectivity index (χ3n) is 5.68. The number of aliphatic hydroxyl groups excluding tert-OH is 1. The van der Waals surface area contributed by atoms with E-state index in [2.05, 4.69) is 10.1 Å². The summed E-state index contributed by atoms with van der Waals surface area (Å²) in [6.45, 7) is 7.15. The second-order valence-electron chi connectivity index (χ2n) is 8.11. The average molecular weight is 453 g/mol. The van der Waals surface area contributed by atoms with Gasteiger partial charge in [-0.15, -0.1) is 5.10 Å². The van der Waals surface area contributed by atoms with Crippen LogP contribution in [0.1, 0.15) is 43.6 Å². The highest BCUT2D eigenvalue weighted by Gasteiger charge is 2.21. The van der Waals surface area contributed by atoms with Crippen molar-refractivity contribution in [2.24, 2.45) is 0 Å². The molecule has 0 saturated heterocycles. The third kappa shape index (κ3) is 3.62. The molecule has 3 heterocycles. The Balaban J connectivity index is 2.06. The van der Waals surface area contributed by atoms with Crippen LogP contribution in [-0.2, 0) is 13.2 Å². The molecule has 0 saturated carbocycles.